The maximum absolute atomic E-state index is 11.7. The van der Waals surface area contributed by atoms with Crippen molar-refractivity contribution in [1.29, 1.82) is 0 Å². The lowest BCUT2D eigenvalue weighted by Gasteiger charge is -2.03. The Morgan fingerprint density at radius 1 is 1.09 bits per heavy atom. The summed E-state index contributed by atoms with van der Waals surface area (Å²) in [5.74, 6) is -0.323. The second-order valence-electron chi connectivity index (χ2n) is 5.39. The standard InChI is InChI=1S/C18H14N2O2S/c1-2-20-14-6-4-3-5-12(14)13-9-11(7-8-15(13)20)10-16-17(21)19-18(22)23-16/h3-10H,2H2,1H3,(H,19,21,22)/b16-10-. The van der Waals surface area contributed by atoms with Crippen LogP contribution < -0.4 is 5.32 Å². The summed E-state index contributed by atoms with van der Waals surface area (Å²) in [4.78, 5) is 23.4. The SMILES string of the molecule is CCn1c2ccccc2c2cc(/C=C3\SC(=O)NC3=O)ccc21. The van der Waals surface area contributed by atoms with E-state index in [1.54, 1.807) is 6.08 Å². The molecule has 0 unspecified atom stereocenters. The molecule has 2 heterocycles. The van der Waals surface area contributed by atoms with Crippen molar-refractivity contribution in [3.63, 3.8) is 0 Å². The Morgan fingerprint density at radius 2 is 1.87 bits per heavy atom. The molecule has 0 atom stereocenters. The molecular weight excluding hydrogens is 308 g/mol. The fourth-order valence-corrected chi connectivity index (χ4v) is 3.76. The van der Waals surface area contributed by atoms with Crippen LogP contribution in [0.4, 0.5) is 4.79 Å². The molecule has 1 aromatic heterocycles. The molecule has 114 valence electrons. The monoisotopic (exact) mass is 322 g/mol. The van der Waals surface area contributed by atoms with Crippen molar-refractivity contribution < 1.29 is 9.59 Å². The molecule has 1 N–H and O–H groups in total. The highest BCUT2D eigenvalue weighted by Gasteiger charge is 2.25. The zero-order valence-corrected chi connectivity index (χ0v) is 13.3. The summed E-state index contributed by atoms with van der Waals surface area (Å²) in [7, 11) is 0. The zero-order valence-electron chi connectivity index (χ0n) is 12.5. The number of imide groups is 1. The molecule has 0 bridgehead atoms. The van der Waals surface area contributed by atoms with Gasteiger partial charge in [0, 0.05) is 28.4 Å². The fourth-order valence-electron chi connectivity index (χ4n) is 3.07. The molecule has 1 fully saturated rings. The van der Waals surface area contributed by atoms with Crippen molar-refractivity contribution in [1.82, 2.24) is 9.88 Å². The Balaban J connectivity index is 1.92. The summed E-state index contributed by atoms with van der Waals surface area (Å²) in [6.45, 7) is 3.03. The maximum atomic E-state index is 11.7. The van der Waals surface area contributed by atoms with Gasteiger partial charge in [-0.2, -0.15) is 0 Å². The molecule has 2 aromatic carbocycles. The van der Waals surface area contributed by atoms with Crippen molar-refractivity contribution >= 4 is 50.8 Å². The van der Waals surface area contributed by atoms with E-state index in [0.717, 1.165) is 29.3 Å². The molecular formula is C18H14N2O2S. The van der Waals surface area contributed by atoms with E-state index in [4.69, 9.17) is 0 Å². The summed E-state index contributed by atoms with van der Waals surface area (Å²) in [6, 6.07) is 14.4. The molecule has 0 saturated carbocycles. The quantitative estimate of drug-likeness (QED) is 0.722. The van der Waals surface area contributed by atoms with Crippen molar-refractivity contribution in [3.8, 4) is 0 Å². The maximum Gasteiger partial charge on any atom is 0.290 e. The minimum absolute atomic E-state index is 0.315. The third kappa shape index (κ3) is 2.24. The number of amides is 2. The van der Waals surface area contributed by atoms with Crippen molar-refractivity contribution in [2.75, 3.05) is 0 Å². The Kier molecular flexibility index (Phi) is 3.23. The van der Waals surface area contributed by atoms with Crippen molar-refractivity contribution in [2.45, 2.75) is 13.5 Å². The molecule has 5 heteroatoms. The highest BCUT2D eigenvalue weighted by Crippen LogP contribution is 2.31. The van der Waals surface area contributed by atoms with Gasteiger partial charge in [-0.1, -0.05) is 24.3 Å². The van der Waals surface area contributed by atoms with Gasteiger partial charge >= 0.3 is 0 Å². The molecule has 4 rings (SSSR count). The number of fused-ring (bicyclic) bond motifs is 3. The van der Waals surface area contributed by atoms with E-state index in [-0.39, 0.29) is 11.1 Å². The Hall–Kier alpha value is -2.53. The van der Waals surface area contributed by atoms with Crippen LogP contribution in [0.5, 0.6) is 0 Å². The Bertz CT molecular complexity index is 1000. The minimum Gasteiger partial charge on any atom is -0.341 e. The smallest absolute Gasteiger partial charge is 0.290 e. The molecule has 1 aliphatic rings. The fraction of sp³-hybridized carbons (Fsp3) is 0.111. The number of nitrogens with zero attached hydrogens (tertiary/aromatic N) is 1. The van der Waals surface area contributed by atoms with Crippen molar-refractivity contribution in [3.05, 3.63) is 52.9 Å². The molecule has 0 spiro atoms. The van der Waals surface area contributed by atoms with Gasteiger partial charge in [0.25, 0.3) is 11.1 Å². The lowest BCUT2D eigenvalue weighted by Crippen LogP contribution is -2.17. The van der Waals surface area contributed by atoms with Gasteiger partial charge < -0.3 is 4.57 Å². The highest BCUT2D eigenvalue weighted by atomic mass is 32.2. The zero-order chi connectivity index (χ0) is 16.0. The third-order valence-electron chi connectivity index (χ3n) is 4.05. The summed E-state index contributed by atoms with van der Waals surface area (Å²) in [6.07, 6.45) is 1.77. The van der Waals surface area contributed by atoms with Gasteiger partial charge in [0.2, 0.25) is 0 Å². The van der Waals surface area contributed by atoms with E-state index in [1.165, 1.54) is 16.4 Å². The van der Waals surface area contributed by atoms with Crippen molar-refractivity contribution in [2.24, 2.45) is 0 Å². The topological polar surface area (TPSA) is 51.1 Å². The van der Waals surface area contributed by atoms with Gasteiger partial charge in [-0.3, -0.25) is 14.9 Å². The molecule has 1 aliphatic heterocycles. The van der Waals surface area contributed by atoms with Gasteiger partial charge in [-0.15, -0.1) is 0 Å². The average molecular weight is 322 g/mol. The number of thioether (sulfide) groups is 1. The van der Waals surface area contributed by atoms with Crippen LogP contribution in [0.25, 0.3) is 27.9 Å². The summed E-state index contributed by atoms with van der Waals surface area (Å²) < 4.78 is 2.28. The Labute approximate surface area is 137 Å². The van der Waals surface area contributed by atoms with Gasteiger partial charge in [-0.25, -0.2) is 0 Å². The third-order valence-corrected chi connectivity index (χ3v) is 4.86. The number of nitrogens with one attached hydrogen (secondary N) is 1. The van der Waals surface area contributed by atoms with Crippen LogP contribution in [0, 0.1) is 0 Å². The van der Waals surface area contributed by atoms with E-state index in [1.807, 2.05) is 18.2 Å². The van der Waals surface area contributed by atoms with Gasteiger partial charge in [-0.05, 0) is 48.5 Å². The van der Waals surface area contributed by atoms with E-state index in [0.29, 0.717) is 4.91 Å². The minimum atomic E-state index is -0.323. The predicted octanol–water partition coefficient (Wildman–Crippen LogP) is 4.14. The number of benzene rings is 2. The van der Waals surface area contributed by atoms with E-state index in [9.17, 15) is 9.59 Å². The van der Waals surface area contributed by atoms with Gasteiger partial charge in [0.1, 0.15) is 0 Å². The first-order valence-electron chi connectivity index (χ1n) is 7.43. The summed E-state index contributed by atoms with van der Waals surface area (Å²) >= 11 is 0.944. The highest BCUT2D eigenvalue weighted by molar-refractivity contribution is 8.18. The normalized spacial score (nSPS) is 16.7. The number of rotatable bonds is 2. The van der Waals surface area contributed by atoms with E-state index < -0.39 is 0 Å². The second-order valence-corrected chi connectivity index (χ2v) is 6.40. The molecule has 2 amide bonds. The first-order valence-corrected chi connectivity index (χ1v) is 8.25. The second kappa shape index (κ2) is 5.28. The number of aryl methyl sites for hydroxylation is 1. The van der Waals surface area contributed by atoms with E-state index >= 15 is 0 Å². The first-order chi connectivity index (χ1) is 11.2. The largest absolute Gasteiger partial charge is 0.341 e. The predicted molar refractivity (Wildman–Crippen MR) is 94.2 cm³/mol. The Morgan fingerprint density at radius 3 is 2.61 bits per heavy atom. The molecule has 3 aromatic rings. The summed E-state index contributed by atoms with van der Waals surface area (Å²) in [5, 5.41) is 4.32. The average Bonchev–Trinajstić information content (AvgIpc) is 3.04. The van der Waals surface area contributed by atoms with Crippen LogP contribution in [0.2, 0.25) is 0 Å². The lowest BCUT2D eigenvalue weighted by atomic mass is 10.1. The number of hydrogen-bond donors (Lipinski definition) is 1. The molecule has 1 saturated heterocycles. The number of carbonyl (C=O) groups is 2. The van der Waals surface area contributed by atoms with E-state index in [2.05, 4.69) is 41.1 Å². The number of hydrogen-bond acceptors (Lipinski definition) is 3. The number of para-hydroxylation sites is 1. The number of aromatic nitrogens is 1. The summed E-state index contributed by atoms with van der Waals surface area (Å²) in [5.41, 5.74) is 3.30. The van der Waals surface area contributed by atoms with Gasteiger partial charge in [0.15, 0.2) is 0 Å². The van der Waals surface area contributed by atoms with Crippen LogP contribution >= 0.6 is 11.8 Å². The van der Waals surface area contributed by atoms with Crippen LogP contribution in [0.15, 0.2) is 47.4 Å². The molecule has 23 heavy (non-hydrogen) atoms. The van der Waals surface area contributed by atoms with Crippen LogP contribution in [-0.4, -0.2) is 15.7 Å². The van der Waals surface area contributed by atoms with Crippen LogP contribution in [0.1, 0.15) is 12.5 Å². The lowest BCUT2D eigenvalue weighted by molar-refractivity contribution is -0.115. The molecule has 0 radical (unpaired) electrons. The van der Waals surface area contributed by atoms with Crippen LogP contribution in [0.3, 0.4) is 0 Å². The van der Waals surface area contributed by atoms with Crippen LogP contribution in [-0.2, 0) is 11.3 Å². The number of carbonyl (C=O) groups excluding carboxylic acids is 2. The first kappa shape index (κ1) is 14.1. The van der Waals surface area contributed by atoms with Gasteiger partial charge in [0.05, 0.1) is 4.91 Å². The molecule has 4 nitrogen and oxygen atoms in total. The molecule has 0 aliphatic carbocycles.